The lowest BCUT2D eigenvalue weighted by Gasteiger charge is -2.18. The molecule has 17 heavy (non-hydrogen) atoms. The Morgan fingerprint density at radius 2 is 1.94 bits per heavy atom. The fraction of sp³-hybridized carbons (Fsp3) is 0.667. The van der Waals surface area contributed by atoms with Crippen LogP contribution in [-0.4, -0.2) is 35.2 Å². The molecule has 1 N–H and O–H groups in total. The van der Waals surface area contributed by atoms with Gasteiger partial charge in [-0.1, -0.05) is 20.3 Å². The highest BCUT2D eigenvalue weighted by molar-refractivity contribution is 5.87. The first-order chi connectivity index (χ1) is 8.06. The number of hydrogen-bond donors (Lipinski definition) is 1. The highest BCUT2D eigenvalue weighted by atomic mass is 16.6. The van der Waals surface area contributed by atoms with Crippen molar-refractivity contribution in [3.63, 3.8) is 0 Å². The largest absolute Gasteiger partial charge is 0.478 e. The van der Waals surface area contributed by atoms with Crippen molar-refractivity contribution in [2.75, 3.05) is 13.2 Å². The average molecular weight is 243 g/mol. The molecule has 98 valence electrons. The monoisotopic (exact) mass is 243 g/mol. The Bertz CT molecular complexity index is 286. The molecule has 0 fully saturated rings. The summed E-state index contributed by atoms with van der Waals surface area (Å²) >= 11 is 0. The summed E-state index contributed by atoms with van der Waals surface area (Å²) in [6, 6.07) is 0. The predicted octanol–water partition coefficient (Wildman–Crippen LogP) is 2.62. The van der Waals surface area contributed by atoms with Crippen molar-refractivity contribution in [2.45, 2.75) is 40.0 Å². The second-order valence-electron chi connectivity index (χ2n) is 3.56. The molecule has 0 rings (SSSR count). The zero-order valence-corrected chi connectivity index (χ0v) is 10.7. The summed E-state index contributed by atoms with van der Waals surface area (Å²) < 4.78 is 4.88. The number of unbranched alkanes of at least 4 members (excludes halogenated alkanes) is 1. The van der Waals surface area contributed by atoms with Gasteiger partial charge in [-0.15, -0.1) is 0 Å². The maximum Gasteiger partial charge on any atom is 0.413 e. The van der Waals surface area contributed by atoms with Gasteiger partial charge in [-0.05, 0) is 19.8 Å². The van der Waals surface area contributed by atoms with Crippen molar-refractivity contribution in [1.29, 1.82) is 0 Å². The molecule has 0 aromatic rings. The molecule has 0 atom stereocenters. The molecule has 0 heterocycles. The Morgan fingerprint density at radius 3 is 2.35 bits per heavy atom. The van der Waals surface area contributed by atoms with Crippen LogP contribution in [0, 0.1) is 0 Å². The summed E-state index contributed by atoms with van der Waals surface area (Å²) in [6.07, 6.45) is 2.99. The van der Waals surface area contributed by atoms with Crippen LogP contribution in [-0.2, 0) is 9.53 Å². The molecule has 0 saturated carbocycles. The Labute approximate surface area is 102 Å². The van der Waals surface area contributed by atoms with Gasteiger partial charge >= 0.3 is 12.1 Å². The van der Waals surface area contributed by atoms with Crippen LogP contribution in [0.15, 0.2) is 11.8 Å². The maximum absolute atomic E-state index is 11.6. The molecule has 5 nitrogen and oxygen atoms in total. The fourth-order valence-corrected chi connectivity index (χ4v) is 1.23. The van der Waals surface area contributed by atoms with Gasteiger partial charge in [0.1, 0.15) is 0 Å². The fourth-order valence-electron chi connectivity index (χ4n) is 1.23. The van der Waals surface area contributed by atoms with E-state index in [0.717, 1.165) is 12.8 Å². The van der Waals surface area contributed by atoms with Crippen molar-refractivity contribution >= 4 is 12.1 Å². The number of aliphatic carboxylic acids is 1. The maximum atomic E-state index is 11.6. The van der Waals surface area contributed by atoms with Gasteiger partial charge < -0.3 is 9.84 Å². The van der Waals surface area contributed by atoms with Crippen LogP contribution in [0.2, 0.25) is 0 Å². The summed E-state index contributed by atoms with van der Waals surface area (Å²) in [7, 11) is 0. The van der Waals surface area contributed by atoms with E-state index in [4.69, 9.17) is 9.84 Å². The van der Waals surface area contributed by atoms with Gasteiger partial charge in [-0.3, -0.25) is 4.90 Å². The van der Waals surface area contributed by atoms with Crippen molar-refractivity contribution in [2.24, 2.45) is 0 Å². The van der Waals surface area contributed by atoms with Crippen LogP contribution < -0.4 is 0 Å². The first kappa shape index (κ1) is 15.5. The van der Waals surface area contributed by atoms with Crippen molar-refractivity contribution in [3.8, 4) is 0 Å². The zero-order valence-electron chi connectivity index (χ0n) is 10.7. The first-order valence-electron chi connectivity index (χ1n) is 5.94. The number of nitrogens with zero attached hydrogens (tertiary/aromatic N) is 1. The van der Waals surface area contributed by atoms with E-state index in [1.165, 1.54) is 11.1 Å². The highest BCUT2D eigenvalue weighted by Gasteiger charge is 2.14. The van der Waals surface area contributed by atoms with Crippen LogP contribution in [0.25, 0.3) is 0 Å². The lowest BCUT2D eigenvalue weighted by molar-refractivity contribution is -0.132. The zero-order chi connectivity index (χ0) is 13.3. The van der Waals surface area contributed by atoms with Gasteiger partial charge in [-0.2, -0.15) is 0 Å². The highest BCUT2D eigenvalue weighted by Crippen LogP contribution is 2.07. The number of carboxylic acid groups (broad SMARTS) is 1. The molecule has 0 aromatic heterocycles. The predicted molar refractivity (Wildman–Crippen MR) is 64.6 cm³/mol. The summed E-state index contributed by atoms with van der Waals surface area (Å²) in [5.41, 5.74) is 0.203. The molecular weight excluding hydrogens is 222 g/mol. The lowest BCUT2D eigenvalue weighted by atomic mass is 10.2. The topological polar surface area (TPSA) is 66.8 Å². The van der Waals surface area contributed by atoms with Gasteiger partial charge in [0.25, 0.3) is 0 Å². The molecule has 0 aliphatic rings. The molecule has 5 heteroatoms. The Hall–Kier alpha value is -1.52. The number of hydrogen-bond acceptors (Lipinski definition) is 3. The standard InChI is InChI=1S/C12H21NO4/c1-4-7-8-13(12(16)17-6-3)9-10(5-2)11(14)15/h9H,4-8H2,1-3H3,(H,14,15). The third kappa shape index (κ3) is 5.94. The summed E-state index contributed by atoms with van der Waals surface area (Å²) in [5, 5.41) is 8.91. The van der Waals surface area contributed by atoms with Gasteiger partial charge in [0.2, 0.25) is 0 Å². The van der Waals surface area contributed by atoms with Crippen LogP contribution in [0.1, 0.15) is 40.0 Å². The molecule has 0 saturated heterocycles. The Balaban J connectivity index is 4.77. The molecule has 1 amide bonds. The van der Waals surface area contributed by atoms with E-state index < -0.39 is 12.1 Å². The minimum absolute atomic E-state index is 0.203. The van der Waals surface area contributed by atoms with Crippen molar-refractivity contribution in [3.05, 3.63) is 11.8 Å². The van der Waals surface area contributed by atoms with E-state index in [-0.39, 0.29) is 12.2 Å². The molecule has 0 bridgehead atoms. The van der Waals surface area contributed by atoms with E-state index in [1.807, 2.05) is 6.92 Å². The van der Waals surface area contributed by atoms with Crippen LogP contribution in [0.3, 0.4) is 0 Å². The van der Waals surface area contributed by atoms with Gasteiger partial charge in [-0.25, -0.2) is 9.59 Å². The Kier molecular flexibility index (Phi) is 7.84. The minimum atomic E-state index is -1.00. The van der Waals surface area contributed by atoms with E-state index in [2.05, 4.69) is 0 Å². The van der Waals surface area contributed by atoms with Crippen molar-refractivity contribution in [1.82, 2.24) is 4.90 Å². The summed E-state index contributed by atoms with van der Waals surface area (Å²) in [4.78, 5) is 23.8. The summed E-state index contributed by atoms with van der Waals surface area (Å²) in [5.74, 6) is -1.00. The molecular formula is C12H21NO4. The molecule has 0 spiro atoms. The second-order valence-corrected chi connectivity index (χ2v) is 3.56. The smallest absolute Gasteiger partial charge is 0.413 e. The second kappa shape index (κ2) is 8.61. The molecule has 0 unspecified atom stereocenters. The minimum Gasteiger partial charge on any atom is -0.478 e. The van der Waals surface area contributed by atoms with Gasteiger partial charge in [0, 0.05) is 12.7 Å². The molecule has 0 aliphatic heterocycles. The van der Waals surface area contributed by atoms with E-state index in [0.29, 0.717) is 13.0 Å². The number of rotatable bonds is 7. The summed E-state index contributed by atoms with van der Waals surface area (Å²) in [6.45, 7) is 6.22. The van der Waals surface area contributed by atoms with Crippen molar-refractivity contribution < 1.29 is 19.4 Å². The molecule has 0 aliphatic carbocycles. The Morgan fingerprint density at radius 1 is 1.29 bits per heavy atom. The number of carboxylic acids is 1. The van der Waals surface area contributed by atoms with Gasteiger partial charge in [0.15, 0.2) is 0 Å². The van der Waals surface area contributed by atoms with Gasteiger partial charge in [0.05, 0.1) is 12.2 Å². The van der Waals surface area contributed by atoms with E-state index in [1.54, 1.807) is 13.8 Å². The number of carbonyl (C=O) groups excluding carboxylic acids is 1. The number of ether oxygens (including phenoxy) is 1. The van der Waals surface area contributed by atoms with Crippen LogP contribution in [0.4, 0.5) is 4.79 Å². The third-order valence-corrected chi connectivity index (χ3v) is 2.22. The van der Waals surface area contributed by atoms with E-state index >= 15 is 0 Å². The van der Waals surface area contributed by atoms with Crippen LogP contribution >= 0.6 is 0 Å². The number of amides is 1. The normalized spacial score (nSPS) is 11.1. The lowest BCUT2D eigenvalue weighted by Crippen LogP contribution is -2.28. The molecule has 0 aromatic carbocycles. The quantitative estimate of drug-likeness (QED) is 0.698. The number of carbonyl (C=O) groups is 2. The molecule has 0 radical (unpaired) electrons. The van der Waals surface area contributed by atoms with Crippen LogP contribution in [0.5, 0.6) is 0 Å². The average Bonchev–Trinajstić information content (AvgIpc) is 2.29. The third-order valence-electron chi connectivity index (χ3n) is 2.22. The SMILES string of the molecule is CCCCN(C=C(CC)C(=O)O)C(=O)OCC. The van der Waals surface area contributed by atoms with E-state index in [9.17, 15) is 9.59 Å². The first-order valence-corrected chi connectivity index (χ1v) is 5.94.